The number of nitrogens with zero attached hydrogens (tertiary/aromatic N) is 2. The van der Waals surface area contributed by atoms with Gasteiger partial charge in [0.15, 0.2) is 0 Å². The number of hydrogen-bond acceptors (Lipinski definition) is 3. The molecule has 3 amide bonds. The molecular weight excluding hydrogens is 459 g/mol. The Hall–Kier alpha value is -3.36. The van der Waals surface area contributed by atoms with Crippen LogP contribution >= 0.6 is 0 Å². The summed E-state index contributed by atoms with van der Waals surface area (Å²) in [7, 11) is 0. The Morgan fingerprint density at radius 2 is 1.51 bits per heavy atom. The van der Waals surface area contributed by atoms with Crippen LogP contribution in [-0.2, 0) is 11.0 Å². The maximum Gasteiger partial charge on any atom is 0.416 e. The number of rotatable bonds is 7. The number of alkyl halides is 3. The number of piperidine rings is 1. The Bertz CT molecular complexity index is 1010. The minimum absolute atomic E-state index is 0.160. The average Bonchev–Trinajstić information content (AvgIpc) is 2.87. The van der Waals surface area contributed by atoms with Gasteiger partial charge in [-0.3, -0.25) is 14.4 Å². The monoisotopic (exact) mass is 489 g/mol. The van der Waals surface area contributed by atoms with E-state index in [1.165, 1.54) is 12.1 Å². The number of likely N-dealkylation sites (N-methyl/N-ethyl adjacent to an activating group) is 1. The normalized spacial score (nSPS) is 15.4. The summed E-state index contributed by atoms with van der Waals surface area (Å²) in [6.45, 7) is 5.46. The zero-order valence-corrected chi connectivity index (χ0v) is 19.8. The highest BCUT2D eigenvalue weighted by Gasteiger charge is 2.36. The van der Waals surface area contributed by atoms with Gasteiger partial charge in [-0.2, -0.15) is 13.2 Å². The average molecular weight is 490 g/mol. The smallest absolute Gasteiger partial charge is 0.341 e. The van der Waals surface area contributed by atoms with Crippen LogP contribution in [0.1, 0.15) is 53.0 Å². The molecule has 0 spiro atoms. The summed E-state index contributed by atoms with van der Waals surface area (Å²) in [5.41, 5.74) is -0.163. The van der Waals surface area contributed by atoms with Crippen molar-refractivity contribution in [3.8, 4) is 0 Å². The number of benzene rings is 2. The van der Waals surface area contributed by atoms with Crippen LogP contribution in [0.2, 0.25) is 0 Å². The second-order valence-electron chi connectivity index (χ2n) is 8.53. The molecule has 1 aliphatic rings. The minimum atomic E-state index is -4.46. The van der Waals surface area contributed by atoms with Crippen molar-refractivity contribution in [3.63, 3.8) is 0 Å². The molecule has 1 fully saturated rings. The van der Waals surface area contributed by atoms with Crippen molar-refractivity contribution in [3.05, 3.63) is 71.3 Å². The molecule has 1 saturated heterocycles. The summed E-state index contributed by atoms with van der Waals surface area (Å²) in [4.78, 5) is 42.2. The lowest BCUT2D eigenvalue weighted by Gasteiger charge is -2.37. The first-order chi connectivity index (χ1) is 16.7. The van der Waals surface area contributed by atoms with Crippen LogP contribution in [0, 0.1) is 5.92 Å². The van der Waals surface area contributed by atoms with Crippen LogP contribution in [0.5, 0.6) is 0 Å². The molecule has 0 aromatic heterocycles. The molecule has 6 nitrogen and oxygen atoms in total. The van der Waals surface area contributed by atoms with E-state index in [1.807, 2.05) is 13.8 Å². The first-order valence-electron chi connectivity index (χ1n) is 11.8. The molecule has 2 aromatic carbocycles. The van der Waals surface area contributed by atoms with Gasteiger partial charge in [0.25, 0.3) is 11.8 Å². The molecule has 1 N–H and O–H groups in total. The molecule has 0 bridgehead atoms. The van der Waals surface area contributed by atoms with Crippen molar-refractivity contribution in [1.29, 1.82) is 0 Å². The van der Waals surface area contributed by atoms with Gasteiger partial charge in [0, 0.05) is 37.3 Å². The molecule has 1 atom stereocenters. The van der Waals surface area contributed by atoms with E-state index < -0.39 is 17.8 Å². The SMILES string of the molecule is CCN(CC)C(=O)[C@H](NC(=O)c1ccccc1)C1CCN(C(=O)c2ccc(C(F)(F)F)cc2)CC1. The summed E-state index contributed by atoms with van der Waals surface area (Å²) in [6.07, 6.45) is -3.49. The number of carbonyl (C=O) groups is 3. The number of carbonyl (C=O) groups excluding carboxylic acids is 3. The van der Waals surface area contributed by atoms with Crippen molar-refractivity contribution in [1.82, 2.24) is 15.1 Å². The molecule has 0 aliphatic carbocycles. The van der Waals surface area contributed by atoms with E-state index in [4.69, 9.17) is 0 Å². The molecule has 0 radical (unpaired) electrons. The summed E-state index contributed by atoms with van der Waals surface area (Å²) < 4.78 is 38.4. The molecule has 188 valence electrons. The predicted octanol–water partition coefficient (Wildman–Crippen LogP) is 4.22. The quantitative estimate of drug-likeness (QED) is 0.633. The first kappa shape index (κ1) is 26.2. The number of amides is 3. The third-order valence-electron chi connectivity index (χ3n) is 6.42. The van der Waals surface area contributed by atoms with E-state index >= 15 is 0 Å². The van der Waals surface area contributed by atoms with Gasteiger partial charge in [-0.25, -0.2) is 0 Å². The van der Waals surface area contributed by atoms with Crippen LogP contribution < -0.4 is 5.32 Å². The Kier molecular flexibility index (Phi) is 8.53. The lowest BCUT2D eigenvalue weighted by Crippen LogP contribution is -2.54. The van der Waals surface area contributed by atoms with Gasteiger partial charge in [0.05, 0.1) is 5.56 Å². The van der Waals surface area contributed by atoms with Crippen LogP contribution in [0.15, 0.2) is 54.6 Å². The fourth-order valence-corrected chi connectivity index (χ4v) is 4.35. The van der Waals surface area contributed by atoms with Gasteiger partial charge >= 0.3 is 6.18 Å². The maximum atomic E-state index is 13.3. The number of halogens is 3. The van der Waals surface area contributed by atoms with Gasteiger partial charge in [0.1, 0.15) is 6.04 Å². The largest absolute Gasteiger partial charge is 0.416 e. The van der Waals surface area contributed by atoms with Crippen molar-refractivity contribution < 1.29 is 27.6 Å². The van der Waals surface area contributed by atoms with Gasteiger partial charge < -0.3 is 15.1 Å². The summed E-state index contributed by atoms with van der Waals surface area (Å²) in [6, 6.07) is 12.1. The van der Waals surface area contributed by atoms with Crippen molar-refractivity contribution >= 4 is 17.7 Å². The van der Waals surface area contributed by atoms with E-state index in [0.717, 1.165) is 12.1 Å². The zero-order chi connectivity index (χ0) is 25.6. The lowest BCUT2D eigenvalue weighted by atomic mass is 9.87. The van der Waals surface area contributed by atoms with Crippen LogP contribution in [0.3, 0.4) is 0 Å². The summed E-state index contributed by atoms with van der Waals surface area (Å²) in [5.74, 6) is -1.02. The summed E-state index contributed by atoms with van der Waals surface area (Å²) in [5, 5.41) is 2.91. The topological polar surface area (TPSA) is 69.7 Å². The molecule has 2 aromatic rings. The first-order valence-corrected chi connectivity index (χ1v) is 11.8. The number of likely N-dealkylation sites (tertiary alicyclic amines) is 1. The van der Waals surface area contributed by atoms with Gasteiger partial charge in [0.2, 0.25) is 5.91 Å². The van der Waals surface area contributed by atoms with E-state index in [9.17, 15) is 27.6 Å². The van der Waals surface area contributed by atoms with E-state index in [2.05, 4.69) is 5.32 Å². The van der Waals surface area contributed by atoms with Gasteiger partial charge in [-0.1, -0.05) is 18.2 Å². The third kappa shape index (κ3) is 6.41. The molecule has 3 rings (SSSR count). The maximum absolute atomic E-state index is 13.3. The highest BCUT2D eigenvalue weighted by Crippen LogP contribution is 2.30. The Balaban J connectivity index is 1.70. The Morgan fingerprint density at radius 1 is 0.943 bits per heavy atom. The van der Waals surface area contributed by atoms with Crippen LogP contribution in [0.25, 0.3) is 0 Å². The molecular formula is C26H30F3N3O3. The van der Waals surface area contributed by atoms with Crippen molar-refractivity contribution in [2.75, 3.05) is 26.2 Å². The number of nitrogens with one attached hydrogen (secondary N) is 1. The predicted molar refractivity (Wildman–Crippen MR) is 126 cm³/mol. The molecule has 1 heterocycles. The second kappa shape index (κ2) is 11.4. The zero-order valence-electron chi connectivity index (χ0n) is 19.8. The van der Waals surface area contributed by atoms with Gasteiger partial charge in [-0.15, -0.1) is 0 Å². The molecule has 9 heteroatoms. The minimum Gasteiger partial charge on any atom is -0.341 e. The highest BCUT2D eigenvalue weighted by atomic mass is 19.4. The fraction of sp³-hybridized carbons (Fsp3) is 0.423. The standard InChI is InChI=1S/C26H30F3N3O3/c1-3-31(4-2)25(35)22(30-23(33)19-8-6-5-7-9-19)18-14-16-32(17-15-18)24(34)20-10-12-21(13-11-20)26(27,28)29/h5-13,18,22H,3-4,14-17H2,1-2H3,(H,30,33)/t22-/m1/s1. The Labute approximate surface area is 203 Å². The second-order valence-corrected chi connectivity index (χ2v) is 8.53. The van der Waals surface area contributed by atoms with Crippen LogP contribution in [0.4, 0.5) is 13.2 Å². The summed E-state index contributed by atoms with van der Waals surface area (Å²) >= 11 is 0. The lowest BCUT2D eigenvalue weighted by molar-refractivity contribution is -0.137. The number of hydrogen-bond donors (Lipinski definition) is 1. The van der Waals surface area contributed by atoms with E-state index in [0.29, 0.717) is 44.6 Å². The fourth-order valence-electron chi connectivity index (χ4n) is 4.35. The molecule has 1 aliphatic heterocycles. The van der Waals surface area contributed by atoms with Crippen molar-refractivity contribution in [2.45, 2.75) is 38.9 Å². The van der Waals surface area contributed by atoms with Crippen molar-refractivity contribution in [2.24, 2.45) is 5.92 Å². The Morgan fingerprint density at radius 3 is 2.03 bits per heavy atom. The van der Waals surface area contributed by atoms with Gasteiger partial charge in [-0.05, 0) is 69.0 Å². The highest BCUT2D eigenvalue weighted by molar-refractivity contribution is 5.97. The van der Waals surface area contributed by atoms with Crippen LogP contribution in [-0.4, -0.2) is 59.7 Å². The molecule has 0 saturated carbocycles. The third-order valence-corrected chi connectivity index (χ3v) is 6.42. The van der Waals surface area contributed by atoms with E-state index in [-0.39, 0.29) is 29.2 Å². The molecule has 0 unspecified atom stereocenters. The van der Waals surface area contributed by atoms with E-state index in [1.54, 1.807) is 40.1 Å². The molecule has 35 heavy (non-hydrogen) atoms.